The predicted octanol–water partition coefficient (Wildman–Crippen LogP) is 3.55. The molecule has 3 heterocycles. The number of thiazole rings is 1. The monoisotopic (exact) mass is 311 g/mol. The van der Waals surface area contributed by atoms with Crippen LogP contribution in [0.2, 0.25) is 0 Å². The largest absolute Gasteiger partial charge is 0.324 e. The molecule has 0 aromatic carbocycles. The fraction of sp³-hybridized carbons (Fsp3) is 0.0667. The molecule has 0 saturated heterocycles. The molecule has 0 radical (unpaired) electrons. The molecule has 0 atom stereocenters. The molecule has 110 valence electrons. The smallest absolute Gasteiger partial charge is 0.306 e. The number of hydrogen-bond donors (Lipinski definition) is 2. The number of nitrogens with zero attached hydrogens (tertiary/aromatic N) is 3. The number of amides is 2. The highest BCUT2D eigenvalue weighted by Gasteiger charge is 2.09. The van der Waals surface area contributed by atoms with Crippen molar-refractivity contribution in [3.05, 3.63) is 53.8 Å². The molecule has 0 saturated carbocycles. The number of carbonyl (C=O) groups excluding carboxylic acids is 1. The molecule has 22 heavy (non-hydrogen) atoms. The first-order chi connectivity index (χ1) is 10.7. The second kappa shape index (κ2) is 6.31. The summed E-state index contributed by atoms with van der Waals surface area (Å²) < 4.78 is 0. The third-order valence-electron chi connectivity index (χ3n) is 2.92. The van der Waals surface area contributed by atoms with Gasteiger partial charge in [-0.25, -0.2) is 9.78 Å². The number of pyridine rings is 2. The molecule has 2 amide bonds. The lowest BCUT2D eigenvalue weighted by Crippen LogP contribution is -2.20. The molecule has 6 nitrogen and oxygen atoms in total. The van der Waals surface area contributed by atoms with Crippen molar-refractivity contribution in [2.24, 2.45) is 0 Å². The topological polar surface area (TPSA) is 79.8 Å². The number of aryl methyl sites for hydroxylation is 1. The Morgan fingerprint density at radius 3 is 2.86 bits per heavy atom. The Kier molecular flexibility index (Phi) is 4.06. The van der Waals surface area contributed by atoms with Gasteiger partial charge >= 0.3 is 6.03 Å². The average Bonchev–Trinajstić information content (AvgIpc) is 2.99. The molecule has 0 bridgehead atoms. The molecule has 7 heteroatoms. The number of rotatable bonds is 3. The van der Waals surface area contributed by atoms with E-state index in [1.165, 1.54) is 11.3 Å². The molecule has 3 aromatic rings. The normalized spacial score (nSPS) is 10.2. The Hall–Kier alpha value is -2.80. The van der Waals surface area contributed by atoms with Crippen LogP contribution in [0.25, 0.3) is 10.7 Å². The molecule has 0 spiro atoms. The molecular weight excluding hydrogens is 298 g/mol. The molecule has 0 aliphatic rings. The van der Waals surface area contributed by atoms with Crippen LogP contribution in [-0.4, -0.2) is 21.0 Å². The highest BCUT2D eigenvalue weighted by molar-refractivity contribution is 7.13. The van der Waals surface area contributed by atoms with E-state index < -0.39 is 0 Å². The summed E-state index contributed by atoms with van der Waals surface area (Å²) in [5.74, 6) is 0.490. The number of nitrogens with one attached hydrogen (secondary N) is 2. The Morgan fingerprint density at radius 1 is 1.18 bits per heavy atom. The van der Waals surface area contributed by atoms with Crippen molar-refractivity contribution in [3.8, 4) is 10.7 Å². The van der Waals surface area contributed by atoms with Gasteiger partial charge in [-0.3, -0.25) is 15.3 Å². The third-order valence-corrected chi connectivity index (χ3v) is 3.78. The van der Waals surface area contributed by atoms with Crippen LogP contribution in [0, 0.1) is 6.92 Å². The summed E-state index contributed by atoms with van der Waals surface area (Å²) in [7, 11) is 0. The number of hydrogen-bond acceptors (Lipinski definition) is 5. The van der Waals surface area contributed by atoms with Crippen molar-refractivity contribution in [2.75, 3.05) is 10.6 Å². The maximum atomic E-state index is 12.0. The quantitative estimate of drug-likeness (QED) is 0.775. The summed E-state index contributed by atoms with van der Waals surface area (Å²) >= 11 is 1.43. The van der Waals surface area contributed by atoms with Crippen molar-refractivity contribution in [1.29, 1.82) is 0 Å². The molecule has 3 rings (SSSR count). The van der Waals surface area contributed by atoms with Gasteiger partial charge in [0.05, 0.1) is 17.6 Å². The summed E-state index contributed by atoms with van der Waals surface area (Å²) in [5, 5.41) is 7.98. The van der Waals surface area contributed by atoms with Crippen molar-refractivity contribution < 1.29 is 4.79 Å². The molecule has 0 fully saturated rings. The molecule has 0 aliphatic carbocycles. The van der Waals surface area contributed by atoms with Gasteiger partial charge in [-0.05, 0) is 30.7 Å². The van der Waals surface area contributed by atoms with Gasteiger partial charge in [0, 0.05) is 17.8 Å². The van der Waals surface area contributed by atoms with Crippen molar-refractivity contribution in [1.82, 2.24) is 15.0 Å². The maximum absolute atomic E-state index is 12.0. The SMILES string of the molecule is Cc1ccncc1NC(=O)Nc1csc(-c2ccccn2)n1. The number of anilines is 2. The Bertz CT molecular complexity index is 787. The van der Waals surface area contributed by atoms with Gasteiger partial charge in [0.2, 0.25) is 0 Å². The van der Waals surface area contributed by atoms with E-state index in [1.807, 2.05) is 31.2 Å². The second-order valence-corrected chi connectivity index (χ2v) is 5.38. The lowest BCUT2D eigenvalue weighted by molar-refractivity contribution is 0.262. The molecule has 0 unspecified atom stereocenters. The van der Waals surface area contributed by atoms with Crippen LogP contribution >= 0.6 is 11.3 Å². The third kappa shape index (κ3) is 3.26. The van der Waals surface area contributed by atoms with Crippen LogP contribution in [0.4, 0.5) is 16.3 Å². The number of urea groups is 1. The van der Waals surface area contributed by atoms with E-state index in [-0.39, 0.29) is 6.03 Å². The van der Waals surface area contributed by atoms with E-state index in [0.717, 1.165) is 16.3 Å². The van der Waals surface area contributed by atoms with Crippen LogP contribution in [0.3, 0.4) is 0 Å². The zero-order chi connectivity index (χ0) is 15.4. The average molecular weight is 311 g/mol. The van der Waals surface area contributed by atoms with Gasteiger partial charge in [-0.15, -0.1) is 11.3 Å². The van der Waals surface area contributed by atoms with E-state index in [4.69, 9.17) is 0 Å². The van der Waals surface area contributed by atoms with Crippen molar-refractivity contribution in [3.63, 3.8) is 0 Å². The minimum absolute atomic E-state index is 0.353. The van der Waals surface area contributed by atoms with E-state index in [1.54, 1.807) is 24.0 Å². The minimum Gasteiger partial charge on any atom is -0.306 e. The van der Waals surface area contributed by atoms with Crippen molar-refractivity contribution >= 4 is 28.9 Å². The summed E-state index contributed by atoms with van der Waals surface area (Å²) in [6, 6.07) is 7.10. The molecule has 2 N–H and O–H groups in total. The first-order valence-corrected chi connectivity index (χ1v) is 7.46. The van der Waals surface area contributed by atoms with Crippen LogP contribution in [-0.2, 0) is 0 Å². The van der Waals surface area contributed by atoms with Gasteiger partial charge in [0.25, 0.3) is 0 Å². The van der Waals surface area contributed by atoms with Crippen LogP contribution in [0.15, 0.2) is 48.2 Å². The number of carbonyl (C=O) groups is 1. The maximum Gasteiger partial charge on any atom is 0.324 e. The van der Waals surface area contributed by atoms with Crippen LogP contribution < -0.4 is 10.6 Å². The van der Waals surface area contributed by atoms with Gasteiger partial charge < -0.3 is 5.32 Å². The highest BCUT2D eigenvalue weighted by atomic mass is 32.1. The zero-order valence-corrected chi connectivity index (χ0v) is 12.6. The van der Waals surface area contributed by atoms with Gasteiger partial charge in [-0.1, -0.05) is 6.07 Å². The first kappa shape index (κ1) is 14.2. The summed E-state index contributed by atoms with van der Waals surface area (Å²) in [6.07, 6.45) is 5.00. The number of aromatic nitrogens is 3. The fourth-order valence-corrected chi connectivity index (χ4v) is 2.53. The van der Waals surface area contributed by atoms with E-state index in [0.29, 0.717) is 11.5 Å². The Balaban J connectivity index is 1.68. The van der Waals surface area contributed by atoms with E-state index >= 15 is 0 Å². The molecular formula is C15H13N5OS. The Labute approximate surface area is 131 Å². The predicted molar refractivity (Wildman–Crippen MR) is 87.0 cm³/mol. The molecule has 3 aromatic heterocycles. The van der Waals surface area contributed by atoms with E-state index in [2.05, 4.69) is 25.6 Å². The van der Waals surface area contributed by atoms with Crippen LogP contribution in [0.1, 0.15) is 5.56 Å². The van der Waals surface area contributed by atoms with E-state index in [9.17, 15) is 4.79 Å². The van der Waals surface area contributed by atoms with Gasteiger partial charge in [0.1, 0.15) is 10.8 Å². The highest BCUT2D eigenvalue weighted by Crippen LogP contribution is 2.24. The minimum atomic E-state index is -0.353. The summed E-state index contributed by atoms with van der Waals surface area (Å²) in [5.41, 5.74) is 2.39. The van der Waals surface area contributed by atoms with Crippen LogP contribution in [0.5, 0.6) is 0 Å². The summed E-state index contributed by atoms with van der Waals surface area (Å²) in [6.45, 7) is 1.90. The fourth-order valence-electron chi connectivity index (χ4n) is 1.80. The first-order valence-electron chi connectivity index (χ1n) is 6.58. The zero-order valence-electron chi connectivity index (χ0n) is 11.8. The van der Waals surface area contributed by atoms with Crippen molar-refractivity contribution in [2.45, 2.75) is 6.92 Å². The standard InChI is InChI=1S/C15H13N5OS/c1-10-5-7-16-8-12(10)18-15(21)20-13-9-22-14(19-13)11-4-2-3-6-17-11/h2-9H,1H3,(H2,18,20,21). The lowest BCUT2D eigenvalue weighted by Gasteiger charge is -2.07. The lowest BCUT2D eigenvalue weighted by atomic mass is 10.2. The Morgan fingerprint density at radius 2 is 2.09 bits per heavy atom. The molecule has 0 aliphatic heterocycles. The second-order valence-electron chi connectivity index (χ2n) is 4.52. The van der Waals surface area contributed by atoms with Gasteiger partial charge in [-0.2, -0.15) is 0 Å². The summed E-state index contributed by atoms with van der Waals surface area (Å²) in [4.78, 5) is 24.5. The van der Waals surface area contributed by atoms with Gasteiger partial charge in [0.15, 0.2) is 0 Å².